The first-order chi connectivity index (χ1) is 9.78. The molecule has 4 N–H and O–H groups in total. The minimum atomic E-state index is 0.520. The van der Waals surface area contributed by atoms with Gasteiger partial charge in [0.05, 0.1) is 0 Å². The molecule has 6 heteroatoms. The Labute approximate surface area is 119 Å². The Bertz CT molecular complexity index is 469. The van der Waals surface area contributed by atoms with E-state index in [4.69, 9.17) is 10.6 Å². The number of hydrogen-bond acceptors (Lipinski definition) is 6. The highest BCUT2D eigenvalue weighted by atomic mass is 16.5. The van der Waals surface area contributed by atoms with Crippen molar-refractivity contribution in [1.29, 1.82) is 0 Å². The van der Waals surface area contributed by atoms with Crippen LogP contribution in [0.15, 0.2) is 0 Å². The molecule has 1 aromatic rings. The van der Waals surface area contributed by atoms with E-state index in [1.54, 1.807) is 0 Å². The Morgan fingerprint density at radius 3 is 2.70 bits per heavy atom. The van der Waals surface area contributed by atoms with E-state index in [1.165, 1.54) is 19.3 Å². The van der Waals surface area contributed by atoms with Crippen molar-refractivity contribution >= 4 is 11.6 Å². The van der Waals surface area contributed by atoms with Gasteiger partial charge >= 0.3 is 0 Å². The van der Waals surface area contributed by atoms with Crippen molar-refractivity contribution in [3.8, 4) is 0 Å². The fourth-order valence-corrected chi connectivity index (χ4v) is 2.58. The second-order valence-electron chi connectivity index (χ2n) is 5.77. The summed E-state index contributed by atoms with van der Waals surface area (Å²) in [5.41, 5.74) is 3.66. The van der Waals surface area contributed by atoms with Gasteiger partial charge in [-0.1, -0.05) is 0 Å². The first-order valence-corrected chi connectivity index (χ1v) is 7.44. The summed E-state index contributed by atoms with van der Waals surface area (Å²) in [7, 11) is 0. The van der Waals surface area contributed by atoms with Gasteiger partial charge in [0.1, 0.15) is 17.5 Å². The van der Waals surface area contributed by atoms with Crippen LogP contribution in [0.1, 0.15) is 43.0 Å². The molecule has 0 spiro atoms. The van der Waals surface area contributed by atoms with Crippen LogP contribution in [0.25, 0.3) is 0 Å². The van der Waals surface area contributed by atoms with Crippen LogP contribution in [-0.4, -0.2) is 29.7 Å². The number of nitrogen functional groups attached to an aromatic ring is 1. The zero-order chi connectivity index (χ0) is 13.9. The van der Waals surface area contributed by atoms with Crippen molar-refractivity contribution in [3.63, 3.8) is 0 Å². The van der Waals surface area contributed by atoms with Crippen LogP contribution < -0.4 is 16.6 Å². The van der Waals surface area contributed by atoms with Crippen LogP contribution in [0, 0.1) is 12.8 Å². The van der Waals surface area contributed by atoms with E-state index in [1.807, 2.05) is 6.92 Å². The first-order valence-electron chi connectivity index (χ1n) is 7.44. The molecule has 1 unspecified atom stereocenters. The summed E-state index contributed by atoms with van der Waals surface area (Å²) in [5, 5.41) is 3.44. The highest BCUT2D eigenvalue weighted by Gasteiger charge is 2.28. The largest absolute Gasteiger partial charge is 0.381 e. The van der Waals surface area contributed by atoms with E-state index >= 15 is 0 Å². The number of hydrogen-bond donors (Lipinski definition) is 3. The van der Waals surface area contributed by atoms with Crippen LogP contribution in [-0.2, 0) is 4.74 Å². The van der Waals surface area contributed by atoms with Crippen molar-refractivity contribution < 1.29 is 4.74 Å². The lowest BCUT2D eigenvalue weighted by Gasteiger charge is -2.14. The molecule has 6 nitrogen and oxygen atoms in total. The molecule has 3 rings (SSSR count). The zero-order valence-electron chi connectivity index (χ0n) is 12.0. The number of hydrazine groups is 1. The lowest BCUT2D eigenvalue weighted by molar-refractivity contribution is 0.185. The molecule has 0 bridgehead atoms. The fraction of sp³-hybridized carbons (Fsp3) is 0.714. The molecule has 1 aromatic heterocycles. The molecule has 1 saturated heterocycles. The number of nitrogens with one attached hydrogen (secondary N) is 2. The highest BCUT2D eigenvalue weighted by Crippen LogP contribution is 2.39. The third-order valence-corrected chi connectivity index (χ3v) is 4.11. The molecule has 0 amide bonds. The Hall–Kier alpha value is -1.40. The maximum atomic E-state index is 5.55. The van der Waals surface area contributed by atoms with Crippen LogP contribution in [0.4, 0.5) is 11.6 Å². The summed E-state index contributed by atoms with van der Waals surface area (Å²) in [4.78, 5) is 9.15. The van der Waals surface area contributed by atoms with E-state index in [2.05, 4.69) is 20.7 Å². The highest BCUT2D eigenvalue weighted by molar-refractivity contribution is 5.57. The number of anilines is 2. The Balaban J connectivity index is 1.65. The average molecular weight is 277 g/mol. The molecule has 2 fully saturated rings. The predicted molar refractivity (Wildman–Crippen MR) is 78.6 cm³/mol. The minimum Gasteiger partial charge on any atom is -0.381 e. The Kier molecular flexibility index (Phi) is 4.03. The molecule has 1 atom stereocenters. The van der Waals surface area contributed by atoms with Crippen molar-refractivity contribution in [2.75, 3.05) is 30.5 Å². The van der Waals surface area contributed by atoms with Crippen LogP contribution >= 0.6 is 0 Å². The van der Waals surface area contributed by atoms with Gasteiger partial charge in [0, 0.05) is 31.2 Å². The maximum absolute atomic E-state index is 5.55. The van der Waals surface area contributed by atoms with Crippen molar-refractivity contribution in [1.82, 2.24) is 9.97 Å². The maximum Gasteiger partial charge on any atom is 0.148 e. The van der Waals surface area contributed by atoms with Gasteiger partial charge in [-0.3, -0.25) is 0 Å². The molecule has 20 heavy (non-hydrogen) atoms. The second kappa shape index (κ2) is 5.93. The van der Waals surface area contributed by atoms with Gasteiger partial charge in [-0.05, 0) is 38.5 Å². The van der Waals surface area contributed by atoms with Crippen molar-refractivity contribution in [2.24, 2.45) is 11.8 Å². The molecule has 0 radical (unpaired) electrons. The van der Waals surface area contributed by atoms with Crippen LogP contribution in [0.3, 0.4) is 0 Å². The number of ether oxygens (including phenoxy) is 1. The molecular formula is C14H23N5O. The van der Waals surface area contributed by atoms with Crippen LogP contribution in [0.5, 0.6) is 0 Å². The molecule has 2 aliphatic rings. The molecule has 110 valence electrons. The summed E-state index contributed by atoms with van der Waals surface area (Å²) in [6.45, 7) is 4.71. The Morgan fingerprint density at radius 1 is 1.25 bits per heavy atom. The minimum absolute atomic E-state index is 0.520. The van der Waals surface area contributed by atoms with Gasteiger partial charge in [0.15, 0.2) is 0 Å². The normalized spacial score (nSPS) is 22.0. The molecule has 1 aliphatic carbocycles. The lowest BCUT2D eigenvalue weighted by atomic mass is 10.1. The summed E-state index contributed by atoms with van der Waals surface area (Å²) >= 11 is 0. The summed E-state index contributed by atoms with van der Waals surface area (Å²) < 4.78 is 5.40. The number of aromatic nitrogens is 2. The molecular weight excluding hydrogens is 254 g/mol. The second-order valence-corrected chi connectivity index (χ2v) is 5.77. The molecule has 2 heterocycles. The third-order valence-electron chi connectivity index (χ3n) is 4.11. The van der Waals surface area contributed by atoms with Gasteiger partial charge in [0.2, 0.25) is 0 Å². The van der Waals surface area contributed by atoms with Gasteiger partial charge in [-0.15, -0.1) is 0 Å². The lowest BCUT2D eigenvalue weighted by Crippen LogP contribution is -2.16. The van der Waals surface area contributed by atoms with Gasteiger partial charge < -0.3 is 15.5 Å². The summed E-state index contributed by atoms with van der Waals surface area (Å²) in [5.74, 6) is 9.31. The molecule has 1 aliphatic heterocycles. The summed E-state index contributed by atoms with van der Waals surface area (Å²) in [6, 6.07) is 0. The van der Waals surface area contributed by atoms with E-state index in [9.17, 15) is 0 Å². The van der Waals surface area contributed by atoms with Gasteiger partial charge in [-0.25, -0.2) is 15.8 Å². The monoisotopic (exact) mass is 277 g/mol. The SMILES string of the molecule is Cc1c(NN)nc(C2CC2)nc1NCCC1CCOC1. The van der Waals surface area contributed by atoms with Crippen molar-refractivity contribution in [2.45, 2.75) is 38.5 Å². The number of nitrogens with zero attached hydrogens (tertiary/aromatic N) is 2. The van der Waals surface area contributed by atoms with E-state index in [0.29, 0.717) is 11.8 Å². The third kappa shape index (κ3) is 3.02. The number of rotatable bonds is 6. The summed E-state index contributed by atoms with van der Waals surface area (Å²) in [6.07, 6.45) is 4.67. The van der Waals surface area contributed by atoms with Crippen LogP contribution in [0.2, 0.25) is 0 Å². The zero-order valence-corrected chi connectivity index (χ0v) is 12.0. The molecule has 1 saturated carbocycles. The van der Waals surface area contributed by atoms with Crippen molar-refractivity contribution in [3.05, 3.63) is 11.4 Å². The molecule has 0 aromatic carbocycles. The Morgan fingerprint density at radius 2 is 2.05 bits per heavy atom. The van der Waals surface area contributed by atoms with E-state index in [0.717, 1.165) is 49.2 Å². The predicted octanol–water partition coefficient (Wildman–Crippen LogP) is 1.79. The smallest absolute Gasteiger partial charge is 0.148 e. The first kappa shape index (κ1) is 13.6. The van der Waals surface area contributed by atoms with E-state index < -0.39 is 0 Å². The van der Waals surface area contributed by atoms with Gasteiger partial charge in [0.25, 0.3) is 0 Å². The number of nitrogens with two attached hydrogens (primary N) is 1. The average Bonchev–Trinajstić information content (AvgIpc) is 3.18. The standard InChI is InChI=1S/C14H23N5O/c1-9-12(16-6-4-10-5-7-20-8-10)17-14(11-2-3-11)18-13(9)19-15/h10-11H,2-8,15H2,1H3,(H2,16,17,18,19). The topological polar surface area (TPSA) is 85.1 Å². The van der Waals surface area contributed by atoms with Gasteiger partial charge in [-0.2, -0.15) is 0 Å². The fourth-order valence-electron chi connectivity index (χ4n) is 2.58. The van der Waals surface area contributed by atoms with E-state index in [-0.39, 0.29) is 0 Å². The quantitative estimate of drug-likeness (QED) is 0.543.